The zero-order valence-electron chi connectivity index (χ0n) is 26.9. The maximum absolute atomic E-state index is 5.22. The van der Waals surface area contributed by atoms with Crippen molar-refractivity contribution in [1.29, 1.82) is 0 Å². The third-order valence-corrected chi connectivity index (χ3v) is 7.62. The molecule has 0 saturated carbocycles. The number of para-hydroxylation sites is 1. The van der Waals surface area contributed by atoms with E-state index in [9.17, 15) is 0 Å². The highest BCUT2D eigenvalue weighted by atomic mass is 15.4. The maximum atomic E-state index is 5.22. The van der Waals surface area contributed by atoms with Gasteiger partial charge in [0.1, 0.15) is 11.9 Å². The van der Waals surface area contributed by atoms with Gasteiger partial charge in [0.15, 0.2) is 11.6 Å². The van der Waals surface area contributed by atoms with E-state index in [0.29, 0.717) is 23.7 Å². The molecule has 0 fully saturated rings. The molecule has 5 rings (SSSR count). The summed E-state index contributed by atoms with van der Waals surface area (Å²) in [5.74, 6) is 3.54. The lowest BCUT2D eigenvalue weighted by Crippen LogP contribution is -2.48. The van der Waals surface area contributed by atoms with Crippen LogP contribution < -0.4 is 9.80 Å². The first-order valence-corrected chi connectivity index (χ1v) is 15.3. The quantitative estimate of drug-likeness (QED) is 0.335. The first-order chi connectivity index (χ1) is 18.8. The summed E-state index contributed by atoms with van der Waals surface area (Å²) in [5, 5.41) is 0. The molecule has 0 bridgehead atoms. The average Bonchev–Trinajstić information content (AvgIpc) is 3.28. The molecule has 0 saturated heterocycles. The molecule has 3 aromatic rings. The highest BCUT2D eigenvalue weighted by Crippen LogP contribution is 2.53. The minimum absolute atomic E-state index is 0.246. The summed E-state index contributed by atoms with van der Waals surface area (Å²) >= 11 is 0. The number of aromatic nitrogens is 3. The summed E-state index contributed by atoms with van der Waals surface area (Å²) in [6, 6.07) is 8.86. The van der Waals surface area contributed by atoms with Gasteiger partial charge in [0.2, 0.25) is 0 Å². The largest absolute Gasteiger partial charge is 0.337 e. The van der Waals surface area contributed by atoms with E-state index in [1.165, 1.54) is 22.4 Å². The van der Waals surface area contributed by atoms with Crippen molar-refractivity contribution in [3.63, 3.8) is 0 Å². The Morgan fingerprint density at radius 1 is 0.821 bits per heavy atom. The van der Waals surface area contributed by atoms with Crippen LogP contribution in [-0.2, 0) is 0 Å². The van der Waals surface area contributed by atoms with E-state index >= 15 is 0 Å². The lowest BCUT2D eigenvalue weighted by molar-refractivity contribution is 0.354. The predicted molar refractivity (Wildman–Crippen MR) is 170 cm³/mol. The Balaban J connectivity index is 0.000000833. The smallest absolute Gasteiger partial charge is 0.162 e. The first-order valence-electron chi connectivity index (χ1n) is 15.3. The monoisotopic (exact) mass is 531 g/mol. The molecular formula is C34H53N5. The van der Waals surface area contributed by atoms with E-state index in [1.54, 1.807) is 0 Å². The molecular weight excluding hydrogens is 478 g/mol. The molecule has 214 valence electrons. The number of hydrogen-bond donors (Lipinski definition) is 0. The van der Waals surface area contributed by atoms with Crippen LogP contribution in [0.3, 0.4) is 0 Å². The van der Waals surface area contributed by atoms with Crippen LogP contribution in [-0.4, -0.2) is 28.2 Å². The summed E-state index contributed by atoms with van der Waals surface area (Å²) in [6.45, 7) is 25.6. The lowest BCUT2D eigenvalue weighted by Gasteiger charge is -2.44. The minimum Gasteiger partial charge on any atom is -0.337 e. The second kappa shape index (κ2) is 14.4. The van der Waals surface area contributed by atoms with Crippen LogP contribution in [0.1, 0.15) is 124 Å². The molecule has 5 nitrogen and oxygen atoms in total. The number of pyridine rings is 1. The lowest BCUT2D eigenvalue weighted by atomic mass is 9.78. The summed E-state index contributed by atoms with van der Waals surface area (Å²) in [6.07, 6.45) is 7.39. The van der Waals surface area contributed by atoms with Gasteiger partial charge in [-0.15, -0.1) is 0 Å². The molecule has 2 unspecified atom stereocenters. The predicted octanol–water partition coefficient (Wildman–Crippen LogP) is 9.92. The number of fused-ring (bicyclic) bond motifs is 5. The van der Waals surface area contributed by atoms with Gasteiger partial charge in [-0.3, -0.25) is 4.98 Å². The zero-order chi connectivity index (χ0) is 29.4. The van der Waals surface area contributed by atoms with Gasteiger partial charge in [-0.05, 0) is 46.9 Å². The number of benzene rings is 1. The molecule has 2 aliphatic heterocycles. The Hall–Kier alpha value is -2.95. The van der Waals surface area contributed by atoms with Crippen LogP contribution in [0.25, 0.3) is 11.4 Å². The van der Waals surface area contributed by atoms with Gasteiger partial charge >= 0.3 is 0 Å². The minimum atomic E-state index is 0.246. The van der Waals surface area contributed by atoms with E-state index in [4.69, 9.17) is 9.97 Å². The average molecular weight is 532 g/mol. The summed E-state index contributed by atoms with van der Waals surface area (Å²) < 4.78 is 0. The molecule has 1 aromatic carbocycles. The number of rotatable bonds is 4. The third kappa shape index (κ3) is 5.83. The van der Waals surface area contributed by atoms with E-state index in [0.717, 1.165) is 29.3 Å². The first kappa shape index (κ1) is 32.3. The fourth-order valence-electron chi connectivity index (χ4n) is 5.95. The molecule has 2 aromatic heterocycles. The van der Waals surface area contributed by atoms with Crippen LogP contribution in [0, 0.1) is 5.92 Å². The topological polar surface area (TPSA) is 45.2 Å². The molecule has 39 heavy (non-hydrogen) atoms. The van der Waals surface area contributed by atoms with E-state index < -0.39 is 0 Å². The Labute approximate surface area is 239 Å². The molecule has 2 aliphatic rings. The van der Waals surface area contributed by atoms with E-state index in [2.05, 4.69) is 87.6 Å². The van der Waals surface area contributed by atoms with Gasteiger partial charge in [-0.1, -0.05) is 101 Å². The molecule has 0 N–H and O–H groups in total. The Bertz CT molecular complexity index is 1160. The Kier molecular flexibility index (Phi) is 11.9. The van der Waals surface area contributed by atoms with Gasteiger partial charge < -0.3 is 9.80 Å². The van der Waals surface area contributed by atoms with Crippen LogP contribution in [0.5, 0.6) is 0 Å². The van der Waals surface area contributed by atoms with Gasteiger partial charge in [0.25, 0.3) is 0 Å². The highest BCUT2D eigenvalue weighted by Gasteiger charge is 2.46. The van der Waals surface area contributed by atoms with Crippen LogP contribution in [0.15, 0.2) is 42.9 Å². The number of anilines is 3. The zero-order valence-corrected chi connectivity index (χ0v) is 26.9. The second-order valence-corrected chi connectivity index (χ2v) is 10.2. The van der Waals surface area contributed by atoms with Gasteiger partial charge in [0.05, 0.1) is 6.20 Å². The molecule has 0 aliphatic carbocycles. The van der Waals surface area contributed by atoms with Crippen molar-refractivity contribution < 1.29 is 0 Å². The maximum Gasteiger partial charge on any atom is 0.162 e. The molecule has 4 heterocycles. The highest BCUT2D eigenvalue weighted by molar-refractivity contribution is 5.84. The van der Waals surface area contributed by atoms with E-state index in [-0.39, 0.29) is 6.17 Å². The molecule has 3 atom stereocenters. The SMILES string of the molecule is CC.CC.CC.CC[C@@H]1c2ccccc2N2c3cnc(-c4c(C(C)C)cncc4C(C)C)nc3N(C)C2C1C. The molecule has 5 heteroatoms. The molecule has 0 amide bonds. The van der Waals surface area contributed by atoms with Crippen molar-refractivity contribution in [1.82, 2.24) is 15.0 Å². The third-order valence-electron chi connectivity index (χ3n) is 7.62. The second-order valence-electron chi connectivity index (χ2n) is 10.2. The van der Waals surface area contributed by atoms with Crippen molar-refractivity contribution in [2.24, 2.45) is 5.92 Å². The Morgan fingerprint density at radius 2 is 1.38 bits per heavy atom. The van der Waals surface area contributed by atoms with Crippen LogP contribution in [0.4, 0.5) is 17.2 Å². The normalized spacial score (nSPS) is 18.6. The van der Waals surface area contributed by atoms with Crippen LogP contribution in [0.2, 0.25) is 0 Å². The molecule has 0 radical (unpaired) electrons. The summed E-state index contributed by atoms with van der Waals surface area (Å²) in [7, 11) is 2.19. The van der Waals surface area contributed by atoms with Crippen molar-refractivity contribution in [3.8, 4) is 11.4 Å². The number of hydrogen-bond acceptors (Lipinski definition) is 5. The van der Waals surface area contributed by atoms with E-state index in [1.807, 2.05) is 60.1 Å². The van der Waals surface area contributed by atoms with Crippen molar-refractivity contribution in [2.45, 2.75) is 113 Å². The van der Waals surface area contributed by atoms with Crippen molar-refractivity contribution >= 4 is 17.2 Å². The van der Waals surface area contributed by atoms with Crippen molar-refractivity contribution in [3.05, 3.63) is 59.5 Å². The van der Waals surface area contributed by atoms with Gasteiger partial charge in [0, 0.05) is 36.6 Å². The summed E-state index contributed by atoms with van der Waals surface area (Å²) in [4.78, 5) is 19.6. The van der Waals surface area contributed by atoms with Gasteiger partial charge in [-0.2, -0.15) is 0 Å². The fraction of sp³-hybridized carbons (Fsp3) is 0.559. The van der Waals surface area contributed by atoms with Crippen LogP contribution >= 0.6 is 0 Å². The van der Waals surface area contributed by atoms with Crippen molar-refractivity contribution in [2.75, 3.05) is 16.8 Å². The standard InChI is InChI=1S/C28H35N5.3C2H6/c1-8-19-18(6)28-32(7)27-24(33(28)23-12-10-9-11-20(19)23)15-30-26(31-27)25-21(16(2)3)13-29-14-22(25)17(4)5;3*1-2/h9-19,28H,8H2,1-7H3;3*1-2H3/t18?,19-,28?;;;/m0.../s1. The fourth-order valence-corrected chi connectivity index (χ4v) is 5.95. The molecule has 0 spiro atoms. The number of nitrogens with zero attached hydrogens (tertiary/aromatic N) is 5. The van der Waals surface area contributed by atoms with Gasteiger partial charge in [-0.25, -0.2) is 9.97 Å². The summed E-state index contributed by atoms with van der Waals surface area (Å²) in [5.41, 5.74) is 7.41. The Morgan fingerprint density at radius 3 is 1.92 bits per heavy atom.